The molecule has 1 amide bonds. The first kappa shape index (κ1) is 13.5. The van der Waals surface area contributed by atoms with Crippen LogP contribution in [0.2, 0.25) is 0 Å². The van der Waals surface area contributed by atoms with Gasteiger partial charge in [0.05, 0.1) is 27.6 Å². The van der Waals surface area contributed by atoms with Crippen LogP contribution in [0.1, 0.15) is 10.4 Å². The Morgan fingerprint density at radius 1 is 1.42 bits per heavy atom. The Kier molecular flexibility index (Phi) is 3.80. The first-order valence-electron chi connectivity index (χ1n) is 5.44. The topological polar surface area (TPSA) is 59.2 Å². The van der Waals surface area contributed by atoms with Gasteiger partial charge in [0, 0.05) is 13.2 Å². The van der Waals surface area contributed by atoms with Crippen LogP contribution >= 0.6 is 15.9 Å². The third-order valence-electron chi connectivity index (χ3n) is 2.68. The maximum atomic E-state index is 13.9. The molecule has 0 radical (unpaired) electrons. The standard InChI is InChI=1S/C13H11BrFN3O/c1-18(11-5-6-17-7-10(11)16)13(19)8-3-2-4-9(14)12(8)15/h2-7H,16H2,1H3. The normalized spacial score (nSPS) is 10.3. The molecule has 4 nitrogen and oxygen atoms in total. The van der Waals surface area contributed by atoms with Crippen LogP contribution in [-0.2, 0) is 0 Å². The van der Waals surface area contributed by atoms with Gasteiger partial charge in [-0.2, -0.15) is 0 Å². The van der Waals surface area contributed by atoms with Crippen molar-refractivity contribution in [3.63, 3.8) is 0 Å². The van der Waals surface area contributed by atoms with Crippen molar-refractivity contribution in [2.24, 2.45) is 0 Å². The van der Waals surface area contributed by atoms with E-state index in [2.05, 4.69) is 20.9 Å². The van der Waals surface area contributed by atoms with E-state index in [9.17, 15) is 9.18 Å². The lowest BCUT2D eigenvalue weighted by Crippen LogP contribution is -2.28. The number of carbonyl (C=O) groups is 1. The van der Waals surface area contributed by atoms with Gasteiger partial charge in [-0.1, -0.05) is 6.07 Å². The number of pyridine rings is 1. The summed E-state index contributed by atoms with van der Waals surface area (Å²) in [4.78, 5) is 17.4. The Morgan fingerprint density at radius 2 is 2.16 bits per heavy atom. The summed E-state index contributed by atoms with van der Waals surface area (Å²) in [6.45, 7) is 0. The molecule has 2 rings (SSSR count). The Labute approximate surface area is 118 Å². The Morgan fingerprint density at radius 3 is 2.84 bits per heavy atom. The van der Waals surface area contributed by atoms with Gasteiger partial charge in [0.15, 0.2) is 0 Å². The average molecular weight is 324 g/mol. The highest BCUT2D eigenvalue weighted by Gasteiger charge is 2.20. The lowest BCUT2D eigenvalue weighted by molar-refractivity contribution is 0.0989. The van der Waals surface area contributed by atoms with Gasteiger partial charge in [0.1, 0.15) is 5.82 Å². The molecule has 2 aromatic rings. The van der Waals surface area contributed by atoms with Crippen LogP contribution in [0.15, 0.2) is 41.1 Å². The summed E-state index contributed by atoms with van der Waals surface area (Å²) in [7, 11) is 1.54. The predicted octanol–water partition coefficient (Wildman–Crippen LogP) is 2.84. The predicted molar refractivity (Wildman–Crippen MR) is 75.5 cm³/mol. The molecule has 1 aromatic heterocycles. The van der Waals surface area contributed by atoms with Crippen molar-refractivity contribution in [3.05, 3.63) is 52.5 Å². The zero-order valence-electron chi connectivity index (χ0n) is 10.1. The van der Waals surface area contributed by atoms with E-state index < -0.39 is 11.7 Å². The van der Waals surface area contributed by atoms with Crippen molar-refractivity contribution in [3.8, 4) is 0 Å². The van der Waals surface area contributed by atoms with Crippen molar-refractivity contribution in [2.45, 2.75) is 0 Å². The largest absolute Gasteiger partial charge is 0.396 e. The first-order valence-corrected chi connectivity index (χ1v) is 6.23. The number of amides is 1. The van der Waals surface area contributed by atoms with Gasteiger partial charge in [-0.3, -0.25) is 9.78 Å². The van der Waals surface area contributed by atoms with Crippen molar-refractivity contribution >= 4 is 33.2 Å². The molecule has 0 spiro atoms. The molecule has 19 heavy (non-hydrogen) atoms. The highest BCUT2D eigenvalue weighted by atomic mass is 79.9. The molecule has 0 fully saturated rings. The van der Waals surface area contributed by atoms with E-state index in [4.69, 9.17) is 5.73 Å². The van der Waals surface area contributed by atoms with E-state index in [1.165, 1.54) is 36.5 Å². The summed E-state index contributed by atoms with van der Waals surface area (Å²) < 4.78 is 14.1. The van der Waals surface area contributed by atoms with Gasteiger partial charge < -0.3 is 10.6 Å². The van der Waals surface area contributed by atoms with Crippen molar-refractivity contribution in [2.75, 3.05) is 17.7 Å². The van der Waals surface area contributed by atoms with Crippen molar-refractivity contribution in [1.29, 1.82) is 0 Å². The minimum Gasteiger partial charge on any atom is -0.396 e. The fraction of sp³-hybridized carbons (Fsp3) is 0.0769. The highest BCUT2D eigenvalue weighted by Crippen LogP contribution is 2.24. The van der Waals surface area contributed by atoms with Gasteiger partial charge in [0.2, 0.25) is 0 Å². The maximum absolute atomic E-state index is 13.9. The molecular weight excluding hydrogens is 313 g/mol. The van der Waals surface area contributed by atoms with Gasteiger partial charge in [-0.15, -0.1) is 0 Å². The van der Waals surface area contributed by atoms with E-state index in [-0.39, 0.29) is 10.0 Å². The molecule has 0 saturated heterocycles. The Hall–Kier alpha value is -1.95. The SMILES string of the molecule is CN(C(=O)c1cccc(Br)c1F)c1ccncc1N. The minimum atomic E-state index is -0.591. The molecule has 0 unspecified atom stereocenters. The van der Waals surface area contributed by atoms with Gasteiger partial charge in [-0.25, -0.2) is 4.39 Å². The molecule has 6 heteroatoms. The molecular formula is C13H11BrFN3O. The van der Waals surface area contributed by atoms with Gasteiger partial charge in [-0.05, 0) is 34.1 Å². The molecule has 0 atom stereocenters. The zero-order valence-corrected chi connectivity index (χ0v) is 11.7. The van der Waals surface area contributed by atoms with Crippen LogP contribution in [0.5, 0.6) is 0 Å². The van der Waals surface area contributed by atoms with E-state index in [1.807, 2.05) is 0 Å². The molecule has 1 heterocycles. The first-order chi connectivity index (χ1) is 9.02. The number of benzene rings is 1. The lowest BCUT2D eigenvalue weighted by Gasteiger charge is -2.19. The number of aromatic nitrogens is 1. The Balaban J connectivity index is 2.40. The van der Waals surface area contributed by atoms with Gasteiger partial charge >= 0.3 is 0 Å². The summed E-state index contributed by atoms with van der Waals surface area (Å²) in [6, 6.07) is 6.16. The van der Waals surface area contributed by atoms with Crippen molar-refractivity contribution < 1.29 is 9.18 Å². The summed E-state index contributed by atoms with van der Waals surface area (Å²) in [6.07, 6.45) is 2.96. The monoisotopic (exact) mass is 323 g/mol. The number of carbonyl (C=O) groups excluding carboxylic acids is 1. The molecule has 98 valence electrons. The van der Waals surface area contributed by atoms with Crippen LogP contribution in [-0.4, -0.2) is 17.9 Å². The highest BCUT2D eigenvalue weighted by molar-refractivity contribution is 9.10. The summed E-state index contributed by atoms with van der Waals surface area (Å²) in [5.74, 6) is -1.07. The number of halogens is 2. The van der Waals surface area contributed by atoms with Crippen molar-refractivity contribution in [1.82, 2.24) is 4.98 Å². The fourth-order valence-corrected chi connectivity index (χ4v) is 2.03. The van der Waals surface area contributed by atoms with E-state index >= 15 is 0 Å². The van der Waals surface area contributed by atoms with E-state index in [1.54, 1.807) is 12.1 Å². The fourth-order valence-electron chi connectivity index (χ4n) is 1.66. The van der Waals surface area contributed by atoms with Crippen LogP contribution in [0, 0.1) is 5.82 Å². The quantitative estimate of drug-likeness (QED) is 0.924. The molecule has 0 aliphatic carbocycles. The second-order valence-electron chi connectivity index (χ2n) is 3.90. The van der Waals surface area contributed by atoms with E-state index in [0.717, 1.165) is 0 Å². The molecule has 0 aliphatic heterocycles. The van der Waals surface area contributed by atoms with Crippen LogP contribution < -0.4 is 10.6 Å². The number of hydrogen-bond donors (Lipinski definition) is 1. The number of hydrogen-bond acceptors (Lipinski definition) is 3. The van der Waals surface area contributed by atoms with Crippen LogP contribution in [0.25, 0.3) is 0 Å². The molecule has 0 aliphatic rings. The molecule has 2 N–H and O–H groups in total. The second kappa shape index (κ2) is 5.36. The third kappa shape index (κ3) is 2.58. The zero-order chi connectivity index (χ0) is 14.0. The van der Waals surface area contributed by atoms with Gasteiger partial charge in [0.25, 0.3) is 5.91 Å². The smallest absolute Gasteiger partial charge is 0.261 e. The molecule has 0 bridgehead atoms. The molecule has 0 saturated carbocycles. The summed E-state index contributed by atoms with van der Waals surface area (Å²) >= 11 is 3.05. The summed E-state index contributed by atoms with van der Waals surface area (Å²) in [5.41, 5.74) is 6.57. The van der Waals surface area contributed by atoms with Crippen LogP contribution in [0.3, 0.4) is 0 Å². The third-order valence-corrected chi connectivity index (χ3v) is 3.29. The van der Waals surface area contributed by atoms with Crippen LogP contribution in [0.4, 0.5) is 15.8 Å². The number of nitrogen functional groups attached to an aromatic ring is 1. The molecule has 1 aromatic carbocycles. The minimum absolute atomic E-state index is 0.0203. The summed E-state index contributed by atoms with van der Waals surface area (Å²) in [5, 5.41) is 0. The number of nitrogens with zero attached hydrogens (tertiary/aromatic N) is 2. The number of rotatable bonds is 2. The number of anilines is 2. The lowest BCUT2D eigenvalue weighted by atomic mass is 10.1. The second-order valence-corrected chi connectivity index (χ2v) is 4.75. The Bertz CT molecular complexity index is 633. The van der Waals surface area contributed by atoms with E-state index in [0.29, 0.717) is 11.4 Å². The maximum Gasteiger partial charge on any atom is 0.261 e. The number of nitrogens with two attached hydrogens (primary N) is 1. The average Bonchev–Trinajstić information content (AvgIpc) is 2.41.